The number of nitrogens with one attached hydrogen (secondary N) is 1. The van der Waals surface area contributed by atoms with Gasteiger partial charge in [-0.15, -0.1) is 0 Å². The molecule has 1 fully saturated rings. The molecule has 0 unspecified atom stereocenters. The van der Waals surface area contributed by atoms with Crippen LogP contribution in [0, 0.1) is 5.82 Å². The van der Waals surface area contributed by atoms with Crippen molar-refractivity contribution in [1.82, 2.24) is 24.3 Å². The third kappa shape index (κ3) is 5.52. The molecule has 1 N–H and O–H groups in total. The Morgan fingerprint density at radius 3 is 2.61 bits per heavy atom. The van der Waals surface area contributed by atoms with Gasteiger partial charge in [-0.3, -0.25) is 4.79 Å². The smallest absolute Gasteiger partial charge is 0.267 e. The average molecular weight is 573 g/mol. The number of morpholine rings is 1. The number of ether oxygens (including phenoxy) is 1. The highest BCUT2D eigenvalue weighted by molar-refractivity contribution is 7.89. The van der Waals surface area contributed by atoms with Crippen LogP contribution in [-0.4, -0.2) is 66.5 Å². The fourth-order valence-corrected chi connectivity index (χ4v) is 5.25. The molecule has 1 aliphatic heterocycles. The first-order valence-electron chi connectivity index (χ1n) is 12.8. The van der Waals surface area contributed by atoms with Crippen molar-refractivity contribution in [2.75, 3.05) is 37.5 Å². The number of carbonyl (C=O) groups excluding carboxylic acids is 1. The highest BCUT2D eigenvalue weighted by atomic mass is 32.2. The molecule has 5 aromatic rings. The average Bonchev–Trinajstić information content (AvgIpc) is 3.34. The molecule has 208 valence electrons. The summed E-state index contributed by atoms with van der Waals surface area (Å²) in [6.45, 7) is 2.55. The lowest BCUT2D eigenvalue weighted by Crippen LogP contribution is -2.36. The molecule has 0 radical (unpaired) electrons. The van der Waals surface area contributed by atoms with Crippen molar-refractivity contribution in [2.45, 2.75) is 0 Å². The fourth-order valence-electron chi connectivity index (χ4n) is 4.80. The third-order valence-corrected chi connectivity index (χ3v) is 7.23. The number of aromatic nitrogens is 4. The Labute approximate surface area is 235 Å². The van der Waals surface area contributed by atoms with Crippen molar-refractivity contribution < 1.29 is 22.3 Å². The van der Waals surface area contributed by atoms with E-state index in [1.165, 1.54) is 12.1 Å². The molecule has 0 bridgehead atoms. The van der Waals surface area contributed by atoms with Crippen molar-refractivity contribution in [3.63, 3.8) is 0 Å². The SMILES string of the molecule is CS(=O)(=O)NC(=O)c1ccc(-c2c(/C=C/c3ccc4ccccc4n3)nc3c(N4CCOCC4)ccnn23)cc1F. The molecule has 6 rings (SSSR count). The number of hydrogen-bond donors (Lipinski definition) is 1. The lowest BCUT2D eigenvalue weighted by molar-refractivity contribution is 0.0977. The van der Waals surface area contributed by atoms with Crippen molar-refractivity contribution in [1.29, 1.82) is 0 Å². The van der Waals surface area contributed by atoms with Gasteiger partial charge < -0.3 is 9.64 Å². The van der Waals surface area contributed by atoms with Gasteiger partial charge in [0, 0.05) is 24.0 Å². The number of fused-ring (bicyclic) bond motifs is 2. The predicted octanol–water partition coefficient (Wildman–Crippen LogP) is 3.78. The van der Waals surface area contributed by atoms with Crippen LogP contribution in [0.4, 0.5) is 10.1 Å². The number of para-hydroxylation sites is 1. The summed E-state index contributed by atoms with van der Waals surface area (Å²) in [4.78, 5) is 24.1. The predicted molar refractivity (Wildman–Crippen MR) is 154 cm³/mol. The number of hydrogen-bond acceptors (Lipinski definition) is 8. The van der Waals surface area contributed by atoms with Crippen LogP contribution in [0.25, 0.3) is 40.0 Å². The quantitative estimate of drug-likeness (QED) is 0.327. The summed E-state index contributed by atoms with van der Waals surface area (Å²) in [5, 5.41) is 5.55. The molecule has 1 aliphatic rings. The monoisotopic (exact) mass is 572 g/mol. The summed E-state index contributed by atoms with van der Waals surface area (Å²) >= 11 is 0. The number of sulfonamides is 1. The summed E-state index contributed by atoms with van der Waals surface area (Å²) in [5.41, 5.74) is 4.03. The van der Waals surface area contributed by atoms with Gasteiger partial charge in [0.1, 0.15) is 11.5 Å². The minimum absolute atomic E-state index is 0.396. The Hall–Kier alpha value is -4.68. The van der Waals surface area contributed by atoms with Gasteiger partial charge in [0.05, 0.1) is 53.8 Å². The van der Waals surface area contributed by atoms with E-state index in [2.05, 4.69) is 10.00 Å². The van der Waals surface area contributed by atoms with Crippen LogP contribution in [0.5, 0.6) is 0 Å². The second-order valence-electron chi connectivity index (χ2n) is 9.56. The summed E-state index contributed by atoms with van der Waals surface area (Å²) in [7, 11) is -3.86. The van der Waals surface area contributed by atoms with E-state index in [0.29, 0.717) is 54.6 Å². The van der Waals surface area contributed by atoms with Crippen LogP contribution in [0.1, 0.15) is 21.7 Å². The topological polar surface area (TPSA) is 119 Å². The van der Waals surface area contributed by atoms with Gasteiger partial charge in [0.25, 0.3) is 5.91 Å². The molecule has 2 aromatic carbocycles. The molecular formula is C29H25FN6O4S. The van der Waals surface area contributed by atoms with Crippen LogP contribution in [0.2, 0.25) is 0 Å². The lowest BCUT2D eigenvalue weighted by Gasteiger charge is -2.28. The summed E-state index contributed by atoms with van der Waals surface area (Å²) in [6, 6.07) is 17.5. The molecule has 4 heterocycles. The molecule has 0 aliphatic carbocycles. The van der Waals surface area contributed by atoms with Crippen LogP contribution in [-0.2, 0) is 14.8 Å². The standard InChI is InChI=1S/C29H25FN6O4S/c1-41(38,39)34-29(37)22-10-7-20(18-23(22)30)27-25(11-9-21-8-6-19-4-2-3-5-24(19)32-21)33-28-26(12-13-31-36(27)28)35-14-16-40-17-15-35/h2-13,18H,14-17H2,1H3,(H,34,37)/b11-9+. The number of halogens is 1. The number of rotatable bonds is 6. The van der Waals surface area contributed by atoms with E-state index < -0.39 is 27.3 Å². The van der Waals surface area contributed by atoms with Crippen LogP contribution in [0.15, 0.2) is 66.9 Å². The molecule has 1 amide bonds. The fraction of sp³-hybridized carbons (Fsp3) is 0.172. The molecule has 10 nitrogen and oxygen atoms in total. The molecule has 0 saturated carbocycles. The van der Waals surface area contributed by atoms with Gasteiger partial charge in [-0.1, -0.05) is 30.3 Å². The Balaban J connectivity index is 1.47. The number of anilines is 1. The molecule has 0 spiro atoms. The first-order valence-corrected chi connectivity index (χ1v) is 14.7. The number of imidazole rings is 1. The number of nitrogens with zero attached hydrogens (tertiary/aromatic N) is 5. The third-order valence-electron chi connectivity index (χ3n) is 6.67. The minimum Gasteiger partial charge on any atom is -0.378 e. The van der Waals surface area contributed by atoms with Crippen LogP contribution >= 0.6 is 0 Å². The van der Waals surface area contributed by atoms with Gasteiger partial charge >= 0.3 is 0 Å². The number of benzene rings is 2. The zero-order valence-electron chi connectivity index (χ0n) is 22.0. The molecule has 41 heavy (non-hydrogen) atoms. The van der Waals surface area contributed by atoms with E-state index in [1.54, 1.807) is 27.6 Å². The zero-order chi connectivity index (χ0) is 28.6. The maximum absolute atomic E-state index is 15.2. The maximum Gasteiger partial charge on any atom is 0.267 e. The Kier molecular flexibility index (Phi) is 6.93. The van der Waals surface area contributed by atoms with Crippen molar-refractivity contribution in [2.24, 2.45) is 0 Å². The summed E-state index contributed by atoms with van der Waals surface area (Å²) < 4.78 is 47.2. The number of pyridine rings is 1. The zero-order valence-corrected chi connectivity index (χ0v) is 22.8. The Morgan fingerprint density at radius 1 is 1.02 bits per heavy atom. The number of carbonyl (C=O) groups is 1. The van der Waals surface area contributed by atoms with E-state index in [9.17, 15) is 13.2 Å². The summed E-state index contributed by atoms with van der Waals surface area (Å²) in [5.74, 6) is -1.93. The molecular weight excluding hydrogens is 547 g/mol. The van der Waals surface area contributed by atoms with E-state index >= 15 is 4.39 Å². The van der Waals surface area contributed by atoms with Gasteiger partial charge in [0.2, 0.25) is 10.0 Å². The first kappa shape index (κ1) is 26.5. The number of amides is 1. The van der Waals surface area contributed by atoms with Gasteiger partial charge in [-0.05, 0) is 42.5 Å². The Morgan fingerprint density at radius 2 is 1.83 bits per heavy atom. The van der Waals surface area contributed by atoms with Crippen molar-refractivity contribution >= 4 is 50.3 Å². The van der Waals surface area contributed by atoms with Crippen LogP contribution < -0.4 is 9.62 Å². The molecule has 1 saturated heterocycles. The van der Waals surface area contributed by atoms with Crippen molar-refractivity contribution in [3.8, 4) is 11.3 Å². The van der Waals surface area contributed by atoms with E-state index in [-0.39, 0.29) is 0 Å². The molecule has 12 heteroatoms. The highest BCUT2D eigenvalue weighted by Gasteiger charge is 2.22. The largest absolute Gasteiger partial charge is 0.378 e. The van der Waals surface area contributed by atoms with E-state index in [0.717, 1.165) is 22.8 Å². The van der Waals surface area contributed by atoms with Gasteiger partial charge in [-0.2, -0.15) is 5.10 Å². The first-order chi connectivity index (χ1) is 19.8. The van der Waals surface area contributed by atoms with Gasteiger partial charge in [-0.25, -0.2) is 32.0 Å². The second kappa shape index (κ2) is 10.7. The second-order valence-corrected chi connectivity index (χ2v) is 11.3. The highest BCUT2D eigenvalue weighted by Crippen LogP contribution is 2.31. The van der Waals surface area contributed by atoms with E-state index in [4.69, 9.17) is 14.7 Å². The lowest BCUT2D eigenvalue weighted by atomic mass is 10.1. The van der Waals surface area contributed by atoms with Crippen LogP contribution in [0.3, 0.4) is 0 Å². The summed E-state index contributed by atoms with van der Waals surface area (Å²) in [6.07, 6.45) is 6.12. The molecule has 3 aromatic heterocycles. The Bertz CT molecular complexity index is 1930. The van der Waals surface area contributed by atoms with E-state index in [1.807, 2.05) is 48.5 Å². The van der Waals surface area contributed by atoms with Gasteiger partial charge in [0.15, 0.2) is 5.65 Å². The molecule has 0 atom stereocenters. The maximum atomic E-state index is 15.2. The van der Waals surface area contributed by atoms with Crippen molar-refractivity contribution in [3.05, 3.63) is 89.6 Å². The normalized spacial score (nSPS) is 14.2. The minimum atomic E-state index is -3.86.